The molecule has 0 bridgehead atoms. The summed E-state index contributed by atoms with van der Waals surface area (Å²) in [4.78, 5) is 4.20. The number of hydrogen-bond acceptors (Lipinski definition) is 3. The number of nitrogens with zero attached hydrogens (tertiary/aromatic N) is 3. The summed E-state index contributed by atoms with van der Waals surface area (Å²) in [6.45, 7) is 2.75. The zero-order valence-electron chi connectivity index (χ0n) is 10.9. The van der Waals surface area contributed by atoms with Gasteiger partial charge in [-0.1, -0.05) is 28.9 Å². The highest BCUT2D eigenvalue weighted by molar-refractivity contribution is 9.10. The van der Waals surface area contributed by atoms with E-state index in [1.54, 1.807) is 10.7 Å². The van der Waals surface area contributed by atoms with Crippen molar-refractivity contribution >= 4 is 15.9 Å². The van der Waals surface area contributed by atoms with Crippen molar-refractivity contribution in [2.45, 2.75) is 19.4 Å². The van der Waals surface area contributed by atoms with Gasteiger partial charge in [-0.05, 0) is 18.7 Å². The van der Waals surface area contributed by atoms with E-state index in [1.807, 2.05) is 20.0 Å². The van der Waals surface area contributed by atoms with Crippen LogP contribution >= 0.6 is 15.9 Å². The smallest absolute Gasteiger partial charge is 0.138 e. The van der Waals surface area contributed by atoms with Crippen LogP contribution in [0.3, 0.4) is 0 Å². The molecule has 1 heterocycles. The Morgan fingerprint density at radius 1 is 1.47 bits per heavy atom. The molecule has 6 heteroatoms. The van der Waals surface area contributed by atoms with Gasteiger partial charge in [0, 0.05) is 29.5 Å². The van der Waals surface area contributed by atoms with Gasteiger partial charge in [0.25, 0.3) is 0 Å². The van der Waals surface area contributed by atoms with Crippen molar-refractivity contribution in [2.24, 2.45) is 7.05 Å². The van der Waals surface area contributed by atoms with Crippen molar-refractivity contribution in [3.05, 3.63) is 46.2 Å². The molecule has 4 nitrogen and oxygen atoms in total. The van der Waals surface area contributed by atoms with E-state index in [2.05, 4.69) is 31.3 Å². The summed E-state index contributed by atoms with van der Waals surface area (Å²) in [5.74, 6) is 0.601. The SMILES string of the molecule is CCNC(Cc1ncnn1C)c1c(F)cccc1Br. The Hall–Kier alpha value is -1.27. The molecule has 0 fully saturated rings. The standard InChI is InChI=1S/C13H16BrFN4/c1-3-16-11(7-12-17-8-18-19(12)2)13-9(14)5-4-6-10(13)15/h4-6,8,11,16H,3,7H2,1-2H3. The molecule has 0 amide bonds. The first-order valence-corrected chi connectivity index (χ1v) is 6.93. The number of hydrogen-bond donors (Lipinski definition) is 1. The molecule has 0 aliphatic rings. The number of benzene rings is 1. The van der Waals surface area contributed by atoms with Gasteiger partial charge in [-0.2, -0.15) is 5.10 Å². The zero-order chi connectivity index (χ0) is 13.8. The van der Waals surface area contributed by atoms with Crippen molar-refractivity contribution in [1.29, 1.82) is 0 Å². The second kappa shape index (κ2) is 6.25. The number of aromatic nitrogens is 3. The molecule has 1 N–H and O–H groups in total. The van der Waals surface area contributed by atoms with Gasteiger partial charge in [-0.3, -0.25) is 4.68 Å². The molecule has 1 atom stereocenters. The Morgan fingerprint density at radius 3 is 2.84 bits per heavy atom. The van der Waals surface area contributed by atoms with Gasteiger partial charge in [-0.15, -0.1) is 0 Å². The monoisotopic (exact) mass is 326 g/mol. The lowest BCUT2D eigenvalue weighted by Crippen LogP contribution is -2.25. The molecule has 1 unspecified atom stereocenters. The van der Waals surface area contributed by atoms with Gasteiger partial charge in [-0.25, -0.2) is 9.37 Å². The summed E-state index contributed by atoms with van der Waals surface area (Å²) in [7, 11) is 1.84. The topological polar surface area (TPSA) is 42.7 Å². The minimum Gasteiger partial charge on any atom is -0.310 e. The average Bonchev–Trinajstić information content (AvgIpc) is 2.75. The summed E-state index contributed by atoms with van der Waals surface area (Å²) in [5.41, 5.74) is 0.632. The van der Waals surface area contributed by atoms with Crippen LogP contribution in [-0.2, 0) is 13.5 Å². The minimum atomic E-state index is -0.220. The van der Waals surface area contributed by atoms with E-state index in [0.29, 0.717) is 12.0 Å². The lowest BCUT2D eigenvalue weighted by Gasteiger charge is -2.19. The first-order valence-electron chi connectivity index (χ1n) is 6.13. The highest BCUT2D eigenvalue weighted by Gasteiger charge is 2.20. The van der Waals surface area contributed by atoms with Crippen molar-refractivity contribution < 1.29 is 4.39 Å². The molecule has 0 aliphatic heterocycles. The fraction of sp³-hybridized carbons (Fsp3) is 0.385. The maximum absolute atomic E-state index is 14.0. The number of halogens is 2. The van der Waals surface area contributed by atoms with Crippen molar-refractivity contribution in [1.82, 2.24) is 20.1 Å². The van der Waals surface area contributed by atoms with Gasteiger partial charge >= 0.3 is 0 Å². The summed E-state index contributed by atoms with van der Waals surface area (Å²) < 4.78 is 16.5. The maximum atomic E-state index is 14.0. The van der Waals surface area contributed by atoms with Crippen LogP contribution in [0, 0.1) is 5.82 Å². The van der Waals surface area contributed by atoms with Gasteiger partial charge < -0.3 is 5.32 Å². The molecule has 0 saturated heterocycles. The molecule has 19 heavy (non-hydrogen) atoms. The molecule has 0 aliphatic carbocycles. The molecule has 1 aromatic heterocycles. The number of rotatable bonds is 5. The van der Waals surface area contributed by atoms with Crippen LogP contribution in [0.15, 0.2) is 29.0 Å². The van der Waals surface area contributed by atoms with Gasteiger partial charge in [0.05, 0.1) is 0 Å². The third-order valence-electron chi connectivity index (χ3n) is 2.99. The molecular formula is C13H16BrFN4. The van der Waals surface area contributed by atoms with Gasteiger partial charge in [0.1, 0.15) is 18.0 Å². The molecule has 0 spiro atoms. The van der Waals surface area contributed by atoms with Crippen LogP contribution in [-0.4, -0.2) is 21.3 Å². The molecule has 2 aromatic rings. The Morgan fingerprint density at radius 2 is 2.26 bits per heavy atom. The third kappa shape index (κ3) is 3.19. The summed E-state index contributed by atoms with van der Waals surface area (Å²) in [6, 6.07) is 4.87. The Labute approximate surface area is 120 Å². The lowest BCUT2D eigenvalue weighted by atomic mass is 10.0. The van der Waals surface area contributed by atoms with Crippen LogP contribution in [0.5, 0.6) is 0 Å². The maximum Gasteiger partial charge on any atom is 0.138 e. The van der Waals surface area contributed by atoms with E-state index in [4.69, 9.17) is 0 Å². The predicted octanol–water partition coefficient (Wildman–Crippen LogP) is 2.61. The largest absolute Gasteiger partial charge is 0.310 e. The third-order valence-corrected chi connectivity index (χ3v) is 3.68. The number of nitrogens with one attached hydrogen (secondary N) is 1. The van der Waals surface area contributed by atoms with Crippen LogP contribution in [0.4, 0.5) is 4.39 Å². The summed E-state index contributed by atoms with van der Waals surface area (Å²) in [5, 5.41) is 7.34. The van der Waals surface area contributed by atoms with Crippen LogP contribution in [0.25, 0.3) is 0 Å². The molecule has 0 saturated carbocycles. The first-order chi connectivity index (χ1) is 9.13. The quantitative estimate of drug-likeness (QED) is 0.918. The Balaban J connectivity index is 2.32. The minimum absolute atomic E-state index is 0.136. The first kappa shape index (κ1) is 14.1. The second-order valence-corrected chi connectivity index (χ2v) is 5.10. The molecular weight excluding hydrogens is 311 g/mol. The van der Waals surface area contributed by atoms with E-state index < -0.39 is 0 Å². The Bertz CT molecular complexity index is 535. The fourth-order valence-corrected chi connectivity index (χ4v) is 2.67. The van der Waals surface area contributed by atoms with E-state index in [1.165, 1.54) is 12.4 Å². The van der Waals surface area contributed by atoms with Crippen molar-refractivity contribution in [3.63, 3.8) is 0 Å². The highest BCUT2D eigenvalue weighted by Crippen LogP contribution is 2.28. The van der Waals surface area contributed by atoms with E-state index in [-0.39, 0.29) is 11.9 Å². The van der Waals surface area contributed by atoms with Gasteiger partial charge in [0.15, 0.2) is 0 Å². The molecule has 0 radical (unpaired) electrons. The van der Waals surface area contributed by atoms with Gasteiger partial charge in [0.2, 0.25) is 0 Å². The second-order valence-electron chi connectivity index (χ2n) is 4.25. The normalized spacial score (nSPS) is 12.6. The molecule has 102 valence electrons. The van der Waals surface area contributed by atoms with Crippen molar-refractivity contribution in [2.75, 3.05) is 6.54 Å². The summed E-state index contributed by atoms with van der Waals surface area (Å²) in [6.07, 6.45) is 2.10. The van der Waals surface area contributed by atoms with E-state index in [9.17, 15) is 4.39 Å². The predicted molar refractivity (Wildman–Crippen MR) is 75.2 cm³/mol. The summed E-state index contributed by atoms with van der Waals surface area (Å²) >= 11 is 3.42. The highest BCUT2D eigenvalue weighted by atomic mass is 79.9. The number of likely N-dealkylation sites (N-methyl/N-ethyl adjacent to an activating group) is 1. The lowest BCUT2D eigenvalue weighted by molar-refractivity contribution is 0.490. The van der Waals surface area contributed by atoms with Crippen molar-refractivity contribution in [3.8, 4) is 0 Å². The van der Waals surface area contributed by atoms with E-state index >= 15 is 0 Å². The molecule has 2 rings (SSSR count). The zero-order valence-corrected chi connectivity index (χ0v) is 12.5. The average molecular weight is 327 g/mol. The fourth-order valence-electron chi connectivity index (χ4n) is 2.05. The van der Waals surface area contributed by atoms with Crippen LogP contribution in [0.1, 0.15) is 24.4 Å². The Kier molecular flexibility index (Phi) is 4.66. The van der Waals surface area contributed by atoms with Crippen LogP contribution in [0.2, 0.25) is 0 Å². The van der Waals surface area contributed by atoms with Crippen LogP contribution < -0.4 is 5.32 Å². The van der Waals surface area contributed by atoms with E-state index in [0.717, 1.165) is 16.8 Å². The molecule has 1 aromatic carbocycles. The number of aryl methyl sites for hydroxylation is 1.